The molecule has 5 aliphatic carbocycles. The Balaban J connectivity index is 1.26. The zero-order chi connectivity index (χ0) is 37.5. The normalized spacial score (nSPS) is 45.7. The molecular formula is C44H63NO7. The van der Waals surface area contributed by atoms with Gasteiger partial charge in [0.2, 0.25) is 0 Å². The number of hydrogen-bond acceptors (Lipinski definition) is 7. The molecule has 2 N–H and O–H groups in total. The van der Waals surface area contributed by atoms with Crippen LogP contribution < -0.4 is 0 Å². The number of rotatable bonds is 7. The second-order valence-electron chi connectivity index (χ2n) is 19.3. The summed E-state index contributed by atoms with van der Waals surface area (Å²) in [6.45, 7) is 17.3. The van der Waals surface area contributed by atoms with Crippen molar-refractivity contribution in [1.82, 2.24) is 4.90 Å². The molecule has 8 heteroatoms. The summed E-state index contributed by atoms with van der Waals surface area (Å²) in [5.74, 6) is -1.23. The molecule has 4 saturated carbocycles. The van der Waals surface area contributed by atoms with Crippen molar-refractivity contribution >= 4 is 17.9 Å². The molecule has 0 aromatic heterocycles. The molecule has 5 fully saturated rings. The van der Waals surface area contributed by atoms with Crippen molar-refractivity contribution < 1.29 is 34.1 Å². The van der Waals surface area contributed by atoms with E-state index in [1.54, 1.807) is 0 Å². The largest absolute Gasteiger partial charge is 0.481 e. The van der Waals surface area contributed by atoms with Crippen LogP contribution in [0.15, 0.2) is 42.0 Å². The van der Waals surface area contributed by atoms with Crippen LogP contribution in [0.3, 0.4) is 0 Å². The van der Waals surface area contributed by atoms with E-state index in [9.17, 15) is 24.6 Å². The number of carbonyl (C=O) groups is 3. The number of likely N-dealkylation sites (tertiary alicyclic amines) is 1. The zero-order valence-electron chi connectivity index (χ0n) is 32.7. The summed E-state index contributed by atoms with van der Waals surface area (Å²) in [5.41, 5.74) is -0.110. The van der Waals surface area contributed by atoms with Crippen LogP contribution in [-0.4, -0.2) is 64.9 Å². The number of benzene rings is 1. The highest BCUT2D eigenvalue weighted by molar-refractivity contribution is 5.79. The number of hydrogen-bond donors (Lipinski definition) is 2. The number of allylic oxidation sites excluding steroid dienone is 1. The van der Waals surface area contributed by atoms with E-state index < -0.39 is 22.9 Å². The van der Waals surface area contributed by atoms with Crippen molar-refractivity contribution in [2.75, 3.05) is 19.7 Å². The summed E-state index contributed by atoms with van der Waals surface area (Å²) in [6.07, 6.45) is 9.87. The van der Waals surface area contributed by atoms with Crippen molar-refractivity contribution in [3.8, 4) is 0 Å². The minimum atomic E-state index is -0.852. The lowest BCUT2D eigenvalue weighted by Crippen LogP contribution is -2.70. The molecule has 0 radical (unpaired) electrons. The van der Waals surface area contributed by atoms with Gasteiger partial charge in [0.15, 0.2) is 0 Å². The van der Waals surface area contributed by atoms with E-state index in [-0.39, 0.29) is 69.9 Å². The van der Waals surface area contributed by atoms with Gasteiger partial charge in [-0.2, -0.15) is 0 Å². The fraction of sp³-hybridized carbons (Fsp3) is 0.750. The Bertz CT molecular complexity index is 1610. The molecule has 1 saturated heterocycles. The fourth-order valence-corrected chi connectivity index (χ4v) is 13.6. The molecule has 1 aromatic rings. The molecule has 2 unspecified atom stereocenters. The lowest BCUT2D eigenvalue weighted by Gasteiger charge is -2.72. The van der Waals surface area contributed by atoms with Gasteiger partial charge in [-0.1, -0.05) is 69.7 Å². The summed E-state index contributed by atoms with van der Waals surface area (Å²) in [5, 5.41) is 22.9. The molecule has 1 aliphatic heterocycles. The third-order valence-corrected chi connectivity index (χ3v) is 16.9. The highest BCUT2D eigenvalue weighted by Crippen LogP contribution is 2.76. The van der Waals surface area contributed by atoms with E-state index in [0.29, 0.717) is 26.0 Å². The number of nitrogens with zero attached hydrogens (tertiary/aromatic N) is 1. The van der Waals surface area contributed by atoms with Crippen molar-refractivity contribution in [2.24, 2.45) is 56.2 Å². The molecule has 8 nitrogen and oxygen atoms in total. The van der Waals surface area contributed by atoms with Crippen LogP contribution >= 0.6 is 0 Å². The predicted octanol–water partition coefficient (Wildman–Crippen LogP) is 7.82. The van der Waals surface area contributed by atoms with E-state index in [0.717, 1.165) is 63.5 Å². The lowest BCUT2D eigenvalue weighted by molar-refractivity contribution is -0.228. The zero-order valence-corrected chi connectivity index (χ0v) is 32.7. The summed E-state index contributed by atoms with van der Waals surface area (Å²) in [7, 11) is 0. The molecule has 52 heavy (non-hydrogen) atoms. The van der Waals surface area contributed by atoms with Gasteiger partial charge in [-0.05, 0) is 131 Å². The van der Waals surface area contributed by atoms with E-state index in [4.69, 9.17) is 9.47 Å². The summed E-state index contributed by atoms with van der Waals surface area (Å²) < 4.78 is 11.7. The number of ether oxygens (including phenoxy) is 2. The first-order chi connectivity index (χ1) is 24.5. The number of esters is 2. The van der Waals surface area contributed by atoms with Gasteiger partial charge in [0.1, 0.15) is 6.61 Å². The number of aliphatic hydroxyl groups excluding tert-OH is 1. The van der Waals surface area contributed by atoms with Crippen molar-refractivity contribution in [3.63, 3.8) is 0 Å². The molecule has 286 valence electrons. The van der Waals surface area contributed by atoms with Crippen molar-refractivity contribution in [1.29, 1.82) is 0 Å². The van der Waals surface area contributed by atoms with Crippen molar-refractivity contribution in [2.45, 2.75) is 131 Å². The van der Waals surface area contributed by atoms with E-state index in [1.165, 1.54) is 5.57 Å². The van der Waals surface area contributed by atoms with Gasteiger partial charge >= 0.3 is 17.9 Å². The Morgan fingerprint density at radius 2 is 1.60 bits per heavy atom. The van der Waals surface area contributed by atoms with Crippen molar-refractivity contribution in [3.05, 3.63) is 47.5 Å². The highest BCUT2D eigenvalue weighted by Gasteiger charge is 2.72. The first-order valence-electron chi connectivity index (χ1n) is 20.2. The average molecular weight is 718 g/mol. The molecule has 12 atom stereocenters. The van der Waals surface area contributed by atoms with Gasteiger partial charge in [0.05, 0.1) is 29.5 Å². The van der Waals surface area contributed by atoms with Gasteiger partial charge in [-0.25, -0.2) is 0 Å². The van der Waals surface area contributed by atoms with Crippen LogP contribution in [0.2, 0.25) is 0 Å². The van der Waals surface area contributed by atoms with Gasteiger partial charge < -0.3 is 19.7 Å². The summed E-state index contributed by atoms with van der Waals surface area (Å²) >= 11 is 0. The van der Waals surface area contributed by atoms with Gasteiger partial charge in [-0.15, -0.1) is 0 Å². The van der Waals surface area contributed by atoms with Crippen LogP contribution in [0, 0.1) is 56.2 Å². The molecule has 0 bridgehead atoms. The van der Waals surface area contributed by atoms with Gasteiger partial charge in [-0.3, -0.25) is 19.3 Å². The topological polar surface area (TPSA) is 113 Å². The predicted molar refractivity (Wildman–Crippen MR) is 199 cm³/mol. The van der Waals surface area contributed by atoms with Crippen LogP contribution in [0.5, 0.6) is 0 Å². The molecule has 1 aromatic carbocycles. The van der Waals surface area contributed by atoms with Crippen LogP contribution in [-0.2, 0) is 30.5 Å². The third kappa shape index (κ3) is 5.46. The number of aliphatic hydroxyl groups is 1. The summed E-state index contributed by atoms with van der Waals surface area (Å²) in [6, 6.07) is 9.76. The number of carbonyl (C=O) groups excluding carboxylic acids is 2. The van der Waals surface area contributed by atoms with Crippen LogP contribution in [0.25, 0.3) is 0 Å². The first-order valence-corrected chi connectivity index (χ1v) is 20.2. The molecule has 7 rings (SSSR count). The van der Waals surface area contributed by atoms with E-state index in [2.05, 4.69) is 45.6 Å². The molecule has 0 amide bonds. The smallest absolute Gasteiger partial charge is 0.314 e. The summed E-state index contributed by atoms with van der Waals surface area (Å²) in [4.78, 5) is 42.6. The lowest BCUT2D eigenvalue weighted by atomic mass is 9.33. The Labute approximate surface area is 311 Å². The Kier molecular flexibility index (Phi) is 9.37. The van der Waals surface area contributed by atoms with Crippen LogP contribution in [0.1, 0.15) is 118 Å². The SMILES string of the molecule is CCOC(=O)[C@@H]1CCN([C@H]2CC[C@@]3(C)C(CC[C@]4(C)[C@@H]3C(O)C=C3[C@@H]5C[C@@](C)(C(=O)O)CC[C@]5(C)CC[C@]34C)[C@]2(C)C(=O)OCc2ccccc2)C1. The van der Waals surface area contributed by atoms with Gasteiger partial charge in [0.25, 0.3) is 0 Å². The number of carboxylic acid groups (broad SMARTS) is 1. The third-order valence-electron chi connectivity index (χ3n) is 16.9. The minimum Gasteiger partial charge on any atom is -0.481 e. The van der Waals surface area contributed by atoms with Gasteiger partial charge in [0, 0.05) is 18.5 Å². The second-order valence-corrected chi connectivity index (χ2v) is 19.3. The quantitative estimate of drug-likeness (QED) is 0.217. The number of aliphatic carboxylic acids is 1. The highest BCUT2D eigenvalue weighted by atomic mass is 16.5. The van der Waals surface area contributed by atoms with E-state index >= 15 is 0 Å². The second kappa shape index (κ2) is 13.0. The molecular weight excluding hydrogens is 654 g/mol. The maximum atomic E-state index is 14.8. The van der Waals surface area contributed by atoms with E-state index in [1.807, 2.05) is 44.2 Å². The first kappa shape index (κ1) is 37.6. The standard InChI is InChI=1S/C44H63NO7/c1-8-51-36(47)29-16-23-45(26-29)34-15-17-41(4)33(44(34,7)38(50)52-27-28-12-10-9-11-13-28)14-18-43(6)35(41)32(46)24-30-31-25-40(3,37(48)49)20-19-39(31,2)21-22-42(30,43)5/h9-13,24,29,31-35,46H,8,14-23,25-27H2,1-7H3,(H,48,49)/t29-,31+,32?,33?,34+,35-,39-,40+,41+,42-,43-,44+/m1/s1. The maximum absolute atomic E-state index is 14.8. The molecule has 1 heterocycles. The number of carboxylic acids is 1. The Hall–Kier alpha value is -2.71. The average Bonchev–Trinajstić information content (AvgIpc) is 3.59. The Morgan fingerprint density at radius 3 is 2.29 bits per heavy atom. The minimum absolute atomic E-state index is 0.0284. The number of fused-ring (bicyclic) bond motifs is 7. The molecule has 6 aliphatic rings. The fourth-order valence-electron chi connectivity index (χ4n) is 13.6. The maximum Gasteiger partial charge on any atom is 0.314 e. The molecule has 0 spiro atoms. The Morgan fingerprint density at radius 1 is 0.885 bits per heavy atom. The van der Waals surface area contributed by atoms with Crippen LogP contribution in [0.4, 0.5) is 0 Å². The monoisotopic (exact) mass is 717 g/mol.